The zero-order chi connectivity index (χ0) is 23.3. The molecule has 1 saturated heterocycles. The lowest BCUT2D eigenvalue weighted by Crippen LogP contribution is -2.44. The minimum atomic E-state index is -0.648. The molecule has 0 radical (unpaired) electrons. The average Bonchev–Trinajstić information content (AvgIpc) is 2.80. The van der Waals surface area contributed by atoms with E-state index in [9.17, 15) is 14.9 Å². The Kier molecular flexibility index (Phi) is 7.76. The van der Waals surface area contributed by atoms with Gasteiger partial charge in [0.15, 0.2) is 5.75 Å². The molecule has 0 spiro atoms. The Morgan fingerprint density at radius 1 is 1.12 bits per heavy atom. The van der Waals surface area contributed by atoms with Crippen molar-refractivity contribution in [2.75, 3.05) is 34.4 Å². The van der Waals surface area contributed by atoms with Crippen LogP contribution in [-0.4, -0.2) is 56.2 Å². The van der Waals surface area contributed by atoms with Gasteiger partial charge in [0.2, 0.25) is 11.5 Å². The van der Waals surface area contributed by atoms with Crippen molar-refractivity contribution in [1.82, 2.24) is 10.2 Å². The summed E-state index contributed by atoms with van der Waals surface area (Å²) in [4.78, 5) is 26.4. The van der Waals surface area contributed by atoms with Crippen LogP contribution in [0.25, 0.3) is 0 Å². The first-order chi connectivity index (χ1) is 15.4. The summed E-state index contributed by atoms with van der Waals surface area (Å²) in [6.45, 7) is 2.39. The molecule has 0 atom stereocenters. The first-order valence-electron chi connectivity index (χ1n) is 10.1. The molecular weight excluding hydrogens is 438 g/mol. The van der Waals surface area contributed by atoms with Gasteiger partial charge in [0.1, 0.15) is 5.56 Å². The monoisotopic (exact) mass is 463 g/mol. The van der Waals surface area contributed by atoms with Gasteiger partial charge in [0.05, 0.1) is 26.3 Å². The van der Waals surface area contributed by atoms with Gasteiger partial charge in [-0.05, 0) is 30.5 Å². The van der Waals surface area contributed by atoms with E-state index in [2.05, 4.69) is 10.2 Å². The Hall–Kier alpha value is -3.04. The number of carbonyl (C=O) groups is 1. The maximum Gasteiger partial charge on any atom is 0.327 e. The Balaban J connectivity index is 1.71. The normalized spacial score (nSPS) is 14.6. The highest BCUT2D eigenvalue weighted by atomic mass is 35.5. The van der Waals surface area contributed by atoms with E-state index in [1.807, 2.05) is 24.3 Å². The molecule has 0 bridgehead atoms. The summed E-state index contributed by atoms with van der Waals surface area (Å²) in [7, 11) is 4.02. The second-order valence-electron chi connectivity index (χ2n) is 7.45. The number of methoxy groups -OCH3 is 3. The number of likely N-dealkylation sites (tertiary alicyclic amines) is 1. The number of nitro groups is 1. The van der Waals surface area contributed by atoms with Crippen LogP contribution in [0.2, 0.25) is 5.02 Å². The lowest BCUT2D eigenvalue weighted by atomic mass is 10.0. The molecule has 1 fully saturated rings. The molecule has 1 aliphatic rings. The smallest absolute Gasteiger partial charge is 0.327 e. The van der Waals surface area contributed by atoms with E-state index in [4.69, 9.17) is 25.8 Å². The standard InChI is InChI=1S/C22H26ClN3O6/c1-30-18-12-17(19(26(28)29)21(32-3)20(18)31-2)22(27)24-16-8-10-25(11-9-16)13-14-4-6-15(23)7-5-14/h4-7,12,16H,8-11,13H2,1-3H3,(H,24,27). The van der Waals surface area contributed by atoms with Crippen molar-refractivity contribution < 1.29 is 23.9 Å². The molecule has 172 valence electrons. The van der Waals surface area contributed by atoms with Crippen LogP contribution in [0.15, 0.2) is 30.3 Å². The van der Waals surface area contributed by atoms with Gasteiger partial charge in [0, 0.05) is 36.8 Å². The van der Waals surface area contributed by atoms with Crippen molar-refractivity contribution in [2.24, 2.45) is 0 Å². The Morgan fingerprint density at radius 2 is 1.75 bits per heavy atom. The number of nitrogens with one attached hydrogen (secondary N) is 1. The molecule has 9 nitrogen and oxygen atoms in total. The number of halogens is 1. The van der Waals surface area contributed by atoms with Gasteiger partial charge in [-0.1, -0.05) is 23.7 Å². The van der Waals surface area contributed by atoms with Gasteiger partial charge in [0.25, 0.3) is 5.91 Å². The predicted octanol–water partition coefficient (Wildman–Crippen LogP) is 3.67. The first kappa shape index (κ1) is 23.6. The Bertz CT molecular complexity index is 975. The maximum absolute atomic E-state index is 13.0. The van der Waals surface area contributed by atoms with Crippen molar-refractivity contribution >= 4 is 23.2 Å². The molecule has 0 saturated carbocycles. The van der Waals surface area contributed by atoms with Gasteiger partial charge in [-0.3, -0.25) is 19.8 Å². The Morgan fingerprint density at radius 3 is 2.28 bits per heavy atom. The van der Waals surface area contributed by atoms with Crippen LogP contribution < -0.4 is 19.5 Å². The number of piperidine rings is 1. The molecular formula is C22H26ClN3O6. The third-order valence-corrected chi connectivity index (χ3v) is 5.73. The summed E-state index contributed by atoms with van der Waals surface area (Å²) in [6.07, 6.45) is 1.47. The van der Waals surface area contributed by atoms with Gasteiger partial charge in [-0.15, -0.1) is 0 Å². The molecule has 1 aliphatic heterocycles. The van der Waals surface area contributed by atoms with Gasteiger partial charge in [-0.25, -0.2) is 0 Å². The third kappa shape index (κ3) is 5.23. The number of amides is 1. The van der Waals surface area contributed by atoms with Crippen LogP contribution in [0, 0.1) is 10.1 Å². The fourth-order valence-corrected chi connectivity index (χ4v) is 3.97. The zero-order valence-corrected chi connectivity index (χ0v) is 19.0. The average molecular weight is 464 g/mol. The van der Waals surface area contributed by atoms with Crippen molar-refractivity contribution in [3.05, 3.63) is 56.6 Å². The van der Waals surface area contributed by atoms with Crippen LogP contribution >= 0.6 is 11.6 Å². The number of rotatable bonds is 8. The van der Waals surface area contributed by atoms with Crippen LogP contribution in [0.5, 0.6) is 17.2 Å². The molecule has 32 heavy (non-hydrogen) atoms. The third-order valence-electron chi connectivity index (χ3n) is 5.47. The minimum absolute atomic E-state index is 0.0637. The van der Waals surface area contributed by atoms with Crippen molar-refractivity contribution in [2.45, 2.75) is 25.4 Å². The minimum Gasteiger partial charge on any atom is -0.493 e. The van der Waals surface area contributed by atoms with Crippen LogP contribution in [0.4, 0.5) is 5.69 Å². The zero-order valence-electron chi connectivity index (χ0n) is 18.2. The number of benzene rings is 2. The molecule has 1 N–H and O–H groups in total. The molecule has 3 rings (SSSR count). The highest BCUT2D eigenvalue weighted by Crippen LogP contribution is 2.46. The quantitative estimate of drug-likeness (QED) is 0.470. The number of carbonyl (C=O) groups excluding carboxylic acids is 1. The summed E-state index contributed by atoms with van der Waals surface area (Å²) >= 11 is 5.94. The van der Waals surface area contributed by atoms with Gasteiger partial charge < -0.3 is 19.5 Å². The van der Waals surface area contributed by atoms with E-state index in [1.54, 1.807) is 0 Å². The van der Waals surface area contributed by atoms with Crippen molar-refractivity contribution in [3.63, 3.8) is 0 Å². The number of hydrogen-bond acceptors (Lipinski definition) is 7. The summed E-state index contributed by atoms with van der Waals surface area (Å²) < 4.78 is 15.6. The highest BCUT2D eigenvalue weighted by Gasteiger charge is 2.33. The first-order valence-corrected chi connectivity index (χ1v) is 10.5. The van der Waals surface area contributed by atoms with E-state index in [0.29, 0.717) is 5.02 Å². The largest absolute Gasteiger partial charge is 0.493 e. The summed E-state index contributed by atoms with van der Waals surface area (Å²) in [5.41, 5.74) is 0.584. The summed E-state index contributed by atoms with van der Waals surface area (Å²) in [5, 5.41) is 15.4. The molecule has 10 heteroatoms. The number of nitrogens with zero attached hydrogens (tertiary/aromatic N) is 2. The van der Waals surface area contributed by atoms with E-state index < -0.39 is 16.5 Å². The van der Waals surface area contributed by atoms with Crippen LogP contribution in [0.3, 0.4) is 0 Å². The van der Waals surface area contributed by atoms with E-state index in [1.165, 1.54) is 33.0 Å². The fraction of sp³-hybridized carbons (Fsp3) is 0.409. The van der Waals surface area contributed by atoms with Gasteiger partial charge in [-0.2, -0.15) is 0 Å². The highest BCUT2D eigenvalue weighted by molar-refractivity contribution is 6.30. The molecule has 0 aliphatic carbocycles. The van der Waals surface area contributed by atoms with E-state index >= 15 is 0 Å². The maximum atomic E-state index is 13.0. The lowest BCUT2D eigenvalue weighted by Gasteiger charge is -2.32. The van der Waals surface area contributed by atoms with Crippen molar-refractivity contribution in [1.29, 1.82) is 0 Å². The number of hydrogen-bond donors (Lipinski definition) is 1. The summed E-state index contributed by atoms with van der Waals surface area (Å²) in [5.74, 6) is -0.460. The molecule has 0 aromatic heterocycles. The fourth-order valence-electron chi connectivity index (χ4n) is 3.84. The Labute approximate surface area is 191 Å². The lowest BCUT2D eigenvalue weighted by molar-refractivity contribution is -0.386. The van der Waals surface area contributed by atoms with Crippen LogP contribution in [-0.2, 0) is 6.54 Å². The second-order valence-corrected chi connectivity index (χ2v) is 7.89. The molecule has 1 amide bonds. The SMILES string of the molecule is COc1cc(C(=O)NC2CCN(Cc3ccc(Cl)cc3)CC2)c([N+](=O)[O-])c(OC)c1OC. The van der Waals surface area contributed by atoms with E-state index in [0.717, 1.165) is 32.5 Å². The summed E-state index contributed by atoms with van der Waals surface area (Å²) in [6, 6.07) is 8.95. The van der Waals surface area contributed by atoms with E-state index in [-0.39, 0.29) is 28.9 Å². The molecule has 2 aromatic rings. The molecule has 2 aromatic carbocycles. The van der Waals surface area contributed by atoms with Crippen LogP contribution in [0.1, 0.15) is 28.8 Å². The second kappa shape index (κ2) is 10.5. The number of ether oxygens (including phenoxy) is 3. The number of nitro benzene ring substituents is 1. The van der Waals surface area contributed by atoms with Gasteiger partial charge >= 0.3 is 5.69 Å². The van der Waals surface area contributed by atoms with Crippen molar-refractivity contribution in [3.8, 4) is 17.2 Å². The predicted molar refractivity (Wildman–Crippen MR) is 120 cm³/mol. The topological polar surface area (TPSA) is 103 Å². The molecule has 0 unspecified atom stereocenters. The molecule has 1 heterocycles.